The Kier molecular flexibility index (Phi) is 6.05. The number of hydrogen-bond donors (Lipinski definition) is 0. The molecule has 6 nitrogen and oxygen atoms in total. The Morgan fingerprint density at radius 1 is 1.23 bits per heavy atom. The molecule has 0 aliphatic carbocycles. The monoisotopic (exact) mass is 442 g/mol. The highest BCUT2D eigenvalue weighted by Gasteiger charge is 2.40. The fraction of sp³-hybridized carbons (Fsp3) is 0.667. The molecule has 0 bridgehead atoms. The maximum atomic E-state index is 6.85. The van der Waals surface area contributed by atoms with E-state index < -0.39 is 8.32 Å². The fourth-order valence-electron chi connectivity index (χ4n) is 4.28. The number of aryl methyl sites for hydroxylation is 1. The van der Waals surface area contributed by atoms with E-state index in [2.05, 4.69) is 58.8 Å². The summed E-state index contributed by atoms with van der Waals surface area (Å²) in [6.07, 6.45) is 8.61. The standard InChI is InChI=1S/C24H38N4O2Si/c1-17-21-22(18-11-10-13-27(5)16-18)19(30-31(6,7)24(2,3)4)15-25-23(21)28(26-17)20-12-8-9-14-29-20/h11,15,20H,8-10,12-14,16H2,1-7H3. The van der Waals surface area contributed by atoms with Crippen molar-refractivity contribution in [3.63, 3.8) is 0 Å². The van der Waals surface area contributed by atoms with E-state index in [1.807, 2.05) is 10.9 Å². The van der Waals surface area contributed by atoms with E-state index in [0.717, 1.165) is 61.4 Å². The maximum Gasteiger partial charge on any atom is 0.250 e. The molecular weight excluding hydrogens is 404 g/mol. The second-order valence-corrected chi connectivity index (χ2v) is 15.4. The van der Waals surface area contributed by atoms with Crippen molar-refractivity contribution < 1.29 is 9.16 Å². The Labute approximate surface area is 187 Å². The normalized spacial score (nSPS) is 21.4. The number of aromatic nitrogens is 3. The van der Waals surface area contributed by atoms with Gasteiger partial charge in [0.1, 0.15) is 5.75 Å². The van der Waals surface area contributed by atoms with Gasteiger partial charge in [-0.25, -0.2) is 9.67 Å². The van der Waals surface area contributed by atoms with Crippen LogP contribution >= 0.6 is 0 Å². The van der Waals surface area contributed by atoms with E-state index in [1.165, 1.54) is 17.6 Å². The van der Waals surface area contributed by atoms with Crippen molar-refractivity contribution in [3.8, 4) is 5.75 Å². The van der Waals surface area contributed by atoms with Gasteiger partial charge < -0.3 is 14.1 Å². The molecule has 1 atom stereocenters. The molecule has 1 saturated heterocycles. The summed E-state index contributed by atoms with van der Waals surface area (Å²) in [7, 11) is 0.166. The van der Waals surface area contributed by atoms with Crippen LogP contribution < -0.4 is 4.43 Å². The maximum absolute atomic E-state index is 6.85. The number of hydrogen-bond acceptors (Lipinski definition) is 5. The Hall–Kier alpha value is -1.70. The second-order valence-electron chi connectivity index (χ2n) is 10.7. The van der Waals surface area contributed by atoms with Crippen LogP contribution in [0.3, 0.4) is 0 Å². The average Bonchev–Trinajstić information content (AvgIpc) is 3.04. The van der Waals surface area contributed by atoms with Crippen molar-refractivity contribution >= 4 is 24.9 Å². The zero-order valence-electron chi connectivity index (χ0n) is 20.3. The van der Waals surface area contributed by atoms with E-state index in [4.69, 9.17) is 19.2 Å². The van der Waals surface area contributed by atoms with Crippen molar-refractivity contribution in [1.82, 2.24) is 19.7 Å². The molecule has 0 N–H and O–H groups in total. The zero-order valence-corrected chi connectivity index (χ0v) is 21.3. The van der Waals surface area contributed by atoms with Crippen LogP contribution in [0.2, 0.25) is 18.1 Å². The first-order valence-corrected chi connectivity index (χ1v) is 14.6. The lowest BCUT2D eigenvalue weighted by Crippen LogP contribution is -2.44. The molecule has 0 aromatic carbocycles. The predicted molar refractivity (Wildman–Crippen MR) is 129 cm³/mol. The van der Waals surface area contributed by atoms with Crippen molar-refractivity contribution in [1.29, 1.82) is 0 Å². The molecular formula is C24H38N4O2Si. The topological polar surface area (TPSA) is 52.4 Å². The van der Waals surface area contributed by atoms with Gasteiger partial charge in [-0.05, 0) is 63.4 Å². The van der Waals surface area contributed by atoms with E-state index in [9.17, 15) is 0 Å². The molecule has 31 heavy (non-hydrogen) atoms. The summed E-state index contributed by atoms with van der Waals surface area (Å²) in [6, 6.07) is 0. The van der Waals surface area contributed by atoms with E-state index >= 15 is 0 Å². The molecule has 2 aromatic heterocycles. The third-order valence-corrected chi connectivity index (χ3v) is 11.5. The van der Waals surface area contributed by atoms with Gasteiger partial charge in [-0.3, -0.25) is 0 Å². The summed E-state index contributed by atoms with van der Waals surface area (Å²) in [6.45, 7) is 16.3. The van der Waals surface area contributed by atoms with Gasteiger partial charge in [0, 0.05) is 25.3 Å². The number of nitrogens with zero attached hydrogens (tertiary/aromatic N) is 4. The van der Waals surface area contributed by atoms with Crippen molar-refractivity contribution in [2.45, 2.75) is 77.7 Å². The Morgan fingerprint density at radius 2 is 2.00 bits per heavy atom. The molecule has 2 aliphatic rings. The SMILES string of the molecule is Cc1nn(C2CCCCO2)c2ncc(O[Si](C)(C)C(C)(C)C)c(C3=CCCN(C)C3)c12. The first-order chi connectivity index (χ1) is 14.6. The molecule has 1 fully saturated rings. The Balaban J connectivity index is 1.89. The molecule has 4 rings (SSSR count). The fourth-order valence-corrected chi connectivity index (χ4v) is 5.29. The molecule has 0 amide bonds. The summed E-state index contributed by atoms with van der Waals surface area (Å²) in [5.41, 5.74) is 4.42. The zero-order chi connectivity index (χ0) is 22.4. The Bertz CT molecular complexity index is 984. The van der Waals surface area contributed by atoms with Gasteiger partial charge in [-0.1, -0.05) is 26.8 Å². The van der Waals surface area contributed by atoms with Gasteiger partial charge in [-0.15, -0.1) is 0 Å². The first-order valence-electron chi connectivity index (χ1n) is 11.6. The number of ether oxygens (including phenoxy) is 1. The van der Waals surface area contributed by atoms with Gasteiger partial charge in [0.2, 0.25) is 0 Å². The van der Waals surface area contributed by atoms with Crippen LogP contribution in [0.4, 0.5) is 0 Å². The average molecular weight is 443 g/mol. The first kappa shape index (κ1) is 22.5. The Morgan fingerprint density at radius 3 is 2.65 bits per heavy atom. The third kappa shape index (κ3) is 4.32. The molecule has 0 radical (unpaired) electrons. The molecule has 2 aliphatic heterocycles. The quantitative estimate of drug-likeness (QED) is 0.582. The van der Waals surface area contributed by atoms with E-state index in [-0.39, 0.29) is 11.3 Å². The predicted octanol–water partition coefficient (Wildman–Crippen LogP) is 5.54. The molecule has 7 heteroatoms. The van der Waals surface area contributed by atoms with Crippen LogP contribution in [0, 0.1) is 6.92 Å². The van der Waals surface area contributed by atoms with Crippen molar-refractivity contribution in [3.05, 3.63) is 23.5 Å². The highest BCUT2D eigenvalue weighted by atomic mass is 28.4. The number of rotatable bonds is 4. The molecule has 170 valence electrons. The van der Waals surface area contributed by atoms with Crippen LogP contribution in [0.15, 0.2) is 12.3 Å². The van der Waals surface area contributed by atoms with E-state index in [0.29, 0.717) is 0 Å². The molecule has 1 unspecified atom stereocenters. The summed E-state index contributed by atoms with van der Waals surface area (Å²) in [5, 5.41) is 6.15. The summed E-state index contributed by atoms with van der Waals surface area (Å²) >= 11 is 0. The van der Waals surface area contributed by atoms with Gasteiger partial charge in [0.15, 0.2) is 11.9 Å². The molecule has 0 spiro atoms. The van der Waals surface area contributed by atoms with Crippen LogP contribution in [0.5, 0.6) is 5.75 Å². The minimum absolute atomic E-state index is 0.0273. The summed E-state index contributed by atoms with van der Waals surface area (Å²) in [4.78, 5) is 7.27. The number of likely N-dealkylation sites (N-methyl/N-ethyl adjacent to an activating group) is 1. The van der Waals surface area contributed by atoms with Crippen LogP contribution in [0.1, 0.15) is 63.9 Å². The van der Waals surface area contributed by atoms with E-state index in [1.54, 1.807) is 0 Å². The summed E-state index contributed by atoms with van der Waals surface area (Å²) in [5.74, 6) is 0.910. The minimum Gasteiger partial charge on any atom is -0.542 e. The van der Waals surface area contributed by atoms with Crippen molar-refractivity contribution in [2.24, 2.45) is 0 Å². The number of pyridine rings is 1. The van der Waals surface area contributed by atoms with Crippen LogP contribution in [0.25, 0.3) is 16.6 Å². The van der Waals surface area contributed by atoms with Gasteiger partial charge in [0.05, 0.1) is 17.3 Å². The smallest absolute Gasteiger partial charge is 0.250 e. The minimum atomic E-state index is -2.02. The van der Waals surface area contributed by atoms with Crippen LogP contribution in [-0.2, 0) is 4.74 Å². The van der Waals surface area contributed by atoms with Gasteiger partial charge >= 0.3 is 0 Å². The van der Waals surface area contributed by atoms with Crippen LogP contribution in [-0.4, -0.2) is 54.7 Å². The molecule has 2 aromatic rings. The summed E-state index contributed by atoms with van der Waals surface area (Å²) < 4.78 is 14.9. The van der Waals surface area contributed by atoms with Crippen molar-refractivity contribution in [2.75, 3.05) is 26.7 Å². The molecule has 4 heterocycles. The molecule has 0 saturated carbocycles. The lowest BCUT2D eigenvalue weighted by atomic mass is 9.98. The lowest BCUT2D eigenvalue weighted by Gasteiger charge is -2.37. The highest BCUT2D eigenvalue weighted by molar-refractivity contribution is 6.74. The van der Waals surface area contributed by atoms with Gasteiger partial charge in [0.25, 0.3) is 8.32 Å². The lowest BCUT2D eigenvalue weighted by molar-refractivity contribution is -0.0371. The highest BCUT2D eigenvalue weighted by Crippen LogP contribution is 2.42. The van der Waals surface area contributed by atoms with Gasteiger partial charge in [-0.2, -0.15) is 5.10 Å². The largest absolute Gasteiger partial charge is 0.542 e. The second kappa shape index (κ2) is 8.33. The number of fused-ring (bicyclic) bond motifs is 1. The third-order valence-electron chi connectivity index (χ3n) is 7.12.